The molecule has 1 aliphatic heterocycles. The average molecular weight is 313 g/mol. The summed E-state index contributed by atoms with van der Waals surface area (Å²) in [5.41, 5.74) is -0.496. The summed E-state index contributed by atoms with van der Waals surface area (Å²) in [5.74, 6) is -1.49. The van der Waals surface area contributed by atoms with Crippen LogP contribution in [0, 0.1) is 33.2 Å². The van der Waals surface area contributed by atoms with E-state index in [1.807, 2.05) is 6.07 Å². The van der Waals surface area contributed by atoms with Crippen molar-refractivity contribution >= 4 is 15.7 Å². The van der Waals surface area contributed by atoms with Gasteiger partial charge in [0.1, 0.15) is 10.7 Å². The van der Waals surface area contributed by atoms with Gasteiger partial charge in [0.2, 0.25) is 10.0 Å². The number of nitriles is 1. The first kappa shape index (κ1) is 15.3. The summed E-state index contributed by atoms with van der Waals surface area (Å²) in [6.45, 7) is 0.142. The van der Waals surface area contributed by atoms with Crippen LogP contribution in [0.3, 0.4) is 0 Å². The van der Waals surface area contributed by atoms with Crippen LogP contribution in [0.25, 0.3) is 0 Å². The third kappa shape index (κ3) is 3.01. The summed E-state index contributed by atoms with van der Waals surface area (Å²) in [4.78, 5) is 9.19. The highest BCUT2D eigenvalue weighted by atomic mass is 32.2. The highest BCUT2D eigenvalue weighted by Gasteiger charge is 2.33. The molecular weight excluding hydrogens is 301 g/mol. The number of sulfonamides is 1. The first-order chi connectivity index (χ1) is 9.86. The van der Waals surface area contributed by atoms with Gasteiger partial charge in [-0.2, -0.15) is 9.57 Å². The lowest BCUT2D eigenvalue weighted by molar-refractivity contribution is -0.385. The van der Waals surface area contributed by atoms with Gasteiger partial charge in [-0.05, 0) is 18.9 Å². The van der Waals surface area contributed by atoms with E-state index in [0.29, 0.717) is 18.9 Å². The van der Waals surface area contributed by atoms with Gasteiger partial charge in [0.15, 0.2) is 0 Å². The van der Waals surface area contributed by atoms with Crippen LogP contribution in [0.5, 0.6) is 0 Å². The van der Waals surface area contributed by atoms with Crippen molar-refractivity contribution in [3.63, 3.8) is 0 Å². The number of hydrogen-bond donors (Lipinski definition) is 0. The van der Waals surface area contributed by atoms with Gasteiger partial charge in [0, 0.05) is 25.2 Å². The molecule has 7 nitrogen and oxygen atoms in total. The van der Waals surface area contributed by atoms with E-state index in [1.54, 1.807) is 0 Å². The summed E-state index contributed by atoms with van der Waals surface area (Å²) in [6, 6.07) is 4.37. The molecule has 1 aliphatic rings. The lowest BCUT2D eigenvalue weighted by Gasteiger charge is -2.28. The van der Waals surface area contributed by atoms with E-state index in [1.165, 1.54) is 0 Å². The first-order valence-corrected chi connectivity index (χ1v) is 7.64. The standard InChI is InChI=1S/C12H12FN3O4S/c13-11-4-3-10(16(17)18)6-12(11)21(19,20)15-5-1-2-9(7-14)8-15/h3-4,6,9H,1-2,5,8H2. The van der Waals surface area contributed by atoms with E-state index in [9.17, 15) is 22.9 Å². The minimum Gasteiger partial charge on any atom is -0.258 e. The van der Waals surface area contributed by atoms with Crippen LogP contribution in [-0.2, 0) is 10.0 Å². The molecule has 1 saturated heterocycles. The fourth-order valence-corrected chi connectivity index (χ4v) is 3.82. The highest BCUT2D eigenvalue weighted by Crippen LogP contribution is 2.27. The second-order valence-electron chi connectivity index (χ2n) is 4.70. The molecule has 0 bridgehead atoms. The Bertz CT molecular complexity index is 714. The third-order valence-electron chi connectivity index (χ3n) is 3.31. The summed E-state index contributed by atoms with van der Waals surface area (Å²) in [5, 5.41) is 19.6. The molecule has 112 valence electrons. The predicted molar refractivity (Wildman–Crippen MR) is 70.2 cm³/mol. The molecular formula is C12H12FN3O4S. The lowest BCUT2D eigenvalue weighted by Crippen LogP contribution is -2.39. The topological polar surface area (TPSA) is 104 Å². The monoisotopic (exact) mass is 313 g/mol. The maximum absolute atomic E-state index is 13.8. The molecule has 9 heteroatoms. The van der Waals surface area contributed by atoms with Crippen molar-refractivity contribution in [3.05, 3.63) is 34.1 Å². The Morgan fingerprint density at radius 1 is 1.48 bits per heavy atom. The second-order valence-corrected chi connectivity index (χ2v) is 6.61. The SMILES string of the molecule is N#CC1CCCN(S(=O)(=O)c2cc([N+](=O)[O-])ccc2F)C1. The normalized spacial score (nSPS) is 19.9. The minimum absolute atomic E-state index is 0.0268. The van der Waals surface area contributed by atoms with Crippen LogP contribution in [0.15, 0.2) is 23.1 Å². The summed E-state index contributed by atoms with van der Waals surface area (Å²) >= 11 is 0. The zero-order valence-corrected chi connectivity index (χ0v) is 11.7. The van der Waals surface area contributed by atoms with Crippen molar-refractivity contribution in [2.24, 2.45) is 5.92 Å². The van der Waals surface area contributed by atoms with Crippen LogP contribution < -0.4 is 0 Å². The van der Waals surface area contributed by atoms with Gasteiger partial charge in [-0.3, -0.25) is 10.1 Å². The minimum atomic E-state index is -4.19. The Morgan fingerprint density at radius 3 is 2.81 bits per heavy atom. The maximum atomic E-state index is 13.8. The van der Waals surface area contributed by atoms with Crippen LogP contribution in [0.2, 0.25) is 0 Å². The number of piperidine rings is 1. The van der Waals surface area contributed by atoms with E-state index < -0.39 is 37.3 Å². The quantitative estimate of drug-likeness (QED) is 0.623. The van der Waals surface area contributed by atoms with Gasteiger partial charge < -0.3 is 0 Å². The molecule has 0 N–H and O–H groups in total. The van der Waals surface area contributed by atoms with Gasteiger partial charge in [-0.15, -0.1) is 0 Å². The fourth-order valence-electron chi connectivity index (χ4n) is 2.21. The van der Waals surface area contributed by atoms with Crippen molar-refractivity contribution in [2.45, 2.75) is 17.7 Å². The molecule has 0 amide bonds. The van der Waals surface area contributed by atoms with Crippen molar-refractivity contribution in [2.75, 3.05) is 13.1 Å². The number of nitro benzene ring substituents is 1. The molecule has 1 aromatic rings. The first-order valence-electron chi connectivity index (χ1n) is 6.20. The van der Waals surface area contributed by atoms with Gasteiger partial charge >= 0.3 is 0 Å². The van der Waals surface area contributed by atoms with Crippen LogP contribution >= 0.6 is 0 Å². The number of non-ortho nitro benzene ring substituents is 1. The molecule has 1 fully saturated rings. The van der Waals surface area contributed by atoms with Crippen LogP contribution in [-0.4, -0.2) is 30.7 Å². The largest absolute Gasteiger partial charge is 0.270 e. The molecule has 1 unspecified atom stereocenters. The zero-order chi connectivity index (χ0) is 15.6. The number of halogens is 1. The molecule has 0 aromatic heterocycles. The maximum Gasteiger partial charge on any atom is 0.270 e. The molecule has 0 radical (unpaired) electrons. The number of nitrogens with zero attached hydrogens (tertiary/aromatic N) is 3. The highest BCUT2D eigenvalue weighted by molar-refractivity contribution is 7.89. The van der Waals surface area contributed by atoms with Crippen LogP contribution in [0.1, 0.15) is 12.8 Å². The number of benzene rings is 1. The van der Waals surface area contributed by atoms with E-state index in [0.717, 1.165) is 16.4 Å². The fraction of sp³-hybridized carbons (Fsp3) is 0.417. The molecule has 0 spiro atoms. The van der Waals surface area contributed by atoms with E-state index in [2.05, 4.69) is 0 Å². The molecule has 1 heterocycles. The summed E-state index contributed by atoms with van der Waals surface area (Å²) in [7, 11) is -4.19. The lowest BCUT2D eigenvalue weighted by atomic mass is 10.0. The molecule has 0 saturated carbocycles. The van der Waals surface area contributed by atoms with E-state index in [4.69, 9.17) is 5.26 Å². The number of hydrogen-bond acceptors (Lipinski definition) is 5. The Hall–Kier alpha value is -2.05. The van der Waals surface area contributed by atoms with Crippen molar-refractivity contribution in [1.29, 1.82) is 5.26 Å². The van der Waals surface area contributed by atoms with Gasteiger partial charge in [-0.25, -0.2) is 12.8 Å². The molecule has 1 aromatic carbocycles. The Balaban J connectivity index is 2.42. The van der Waals surface area contributed by atoms with E-state index in [-0.39, 0.29) is 13.1 Å². The third-order valence-corrected chi connectivity index (χ3v) is 5.19. The average Bonchev–Trinajstić information content (AvgIpc) is 2.47. The summed E-state index contributed by atoms with van der Waals surface area (Å²) < 4.78 is 39.6. The van der Waals surface area contributed by atoms with Crippen molar-refractivity contribution < 1.29 is 17.7 Å². The van der Waals surface area contributed by atoms with Crippen molar-refractivity contribution in [1.82, 2.24) is 4.31 Å². The van der Waals surface area contributed by atoms with Gasteiger partial charge in [-0.1, -0.05) is 0 Å². The Morgan fingerprint density at radius 2 is 2.19 bits per heavy atom. The van der Waals surface area contributed by atoms with Crippen molar-refractivity contribution in [3.8, 4) is 6.07 Å². The predicted octanol–water partition coefficient (Wildman–Crippen LogP) is 1.66. The number of rotatable bonds is 3. The zero-order valence-electron chi connectivity index (χ0n) is 10.9. The number of nitro groups is 1. The molecule has 0 aliphatic carbocycles. The smallest absolute Gasteiger partial charge is 0.258 e. The van der Waals surface area contributed by atoms with Gasteiger partial charge in [0.05, 0.1) is 16.9 Å². The molecule has 21 heavy (non-hydrogen) atoms. The summed E-state index contributed by atoms with van der Waals surface area (Å²) in [6.07, 6.45) is 1.08. The Kier molecular flexibility index (Phi) is 4.20. The molecule has 1 atom stereocenters. The Labute approximate surface area is 120 Å². The molecule has 2 rings (SSSR count). The van der Waals surface area contributed by atoms with Crippen LogP contribution in [0.4, 0.5) is 10.1 Å². The van der Waals surface area contributed by atoms with Gasteiger partial charge in [0.25, 0.3) is 5.69 Å². The van der Waals surface area contributed by atoms with E-state index >= 15 is 0 Å². The second kappa shape index (κ2) is 5.75.